The van der Waals surface area contributed by atoms with Crippen LogP contribution in [0.15, 0.2) is 41.3 Å². The van der Waals surface area contributed by atoms with Crippen LogP contribution < -0.4 is 5.56 Å². The van der Waals surface area contributed by atoms with E-state index in [2.05, 4.69) is 5.10 Å². The largest absolute Gasteiger partial charge is 0.290 e. The van der Waals surface area contributed by atoms with Gasteiger partial charge in [0.05, 0.1) is 11.9 Å². The van der Waals surface area contributed by atoms with Gasteiger partial charge in [-0.25, -0.2) is 0 Å². The van der Waals surface area contributed by atoms with E-state index in [1.54, 1.807) is 6.20 Å². The first-order chi connectivity index (χ1) is 8.24. The van der Waals surface area contributed by atoms with Gasteiger partial charge < -0.3 is 0 Å². The Kier molecular flexibility index (Phi) is 3.59. The molecule has 1 aromatic heterocycles. The van der Waals surface area contributed by atoms with Crippen LogP contribution >= 0.6 is 11.6 Å². The van der Waals surface area contributed by atoms with E-state index in [1.807, 2.05) is 37.3 Å². The quantitative estimate of drug-likeness (QED) is 0.837. The topological polar surface area (TPSA) is 34.9 Å². The standard InChI is InChI=1S/C13H13ClN2O/c1-2-6-10-9-15-16(13(17)12(10)14)11-7-4-3-5-8-11/h3-5,7-9H,2,6H2,1H3. The Morgan fingerprint density at radius 3 is 2.65 bits per heavy atom. The summed E-state index contributed by atoms with van der Waals surface area (Å²) in [7, 11) is 0. The summed E-state index contributed by atoms with van der Waals surface area (Å²) >= 11 is 6.05. The highest BCUT2D eigenvalue weighted by Gasteiger charge is 2.09. The van der Waals surface area contributed by atoms with Gasteiger partial charge in [-0.05, 0) is 24.1 Å². The molecule has 0 spiro atoms. The van der Waals surface area contributed by atoms with Crippen LogP contribution in [0.25, 0.3) is 5.69 Å². The number of hydrogen-bond acceptors (Lipinski definition) is 2. The van der Waals surface area contributed by atoms with Crippen LogP contribution in [-0.4, -0.2) is 9.78 Å². The Balaban J connectivity index is 2.52. The molecule has 1 aromatic carbocycles. The van der Waals surface area contributed by atoms with Crippen LogP contribution in [0.3, 0.4) is 0 Å². The van der Waals surface area contributed by atoms with Gasteiger partial charge in [0.2, 0.25) is 0 Å². The summed E-state index contributed by atoms with van der Waals surface area (Å²) in [6.07, 6.45) is 3.38. The number of aromatic nitrogens is 2. The van der Waals surface area contributed by atoms with Crippen LogP contribution in [0.5, 0.6) is 0 Å². The number of aryl methyl sites for hydroxylation is 1. The Labute approximate surface area is 105 Å². The van der Waals surface area contributed by atoms with Crippen LogP contribution in [0.4, 0.5) is 0 Å². The highest BCUT2D eigenvalue weighted by Crippen LogP contribution is 2.12. The van der Waals surface area contributed by atoms with E-state index in [9.17, 15) is 4.79 Å². The van der Waals surface area contributed by atoms with Gasteiger partial charge in [-0.3, -0.25) is 4.79 Å². The summed E-state index contributed by atoms with van der Waals surface area (Å²) in [5.41, 5.74) is 1.28. The average Bonchev–Trinajstić information content (AvgIpc) is 2.36. The molecule has 0 aliphatic rings. The molecule has 0 atom stereocenters. The molecule has 3 nitrogen and oxygen atoms in total. The molecule has 2 rings (SSSR count). The molecule has 88 valence electrons. The van der Waals surface area contributed by atoms with Crippen molar-refractivity contribution < 1.29 is 0 Å². The van der Waals surface area contributed by atoms with Crippen molar-refractivity contribution >= 4 is 11.6 Å². The zero-order valence-corrected chi connectivity index (χ0v) is 10.3. The second-order valence-corrected chi connectivity index (χ2v) is 4.16. The van der Waals surface area contributed by atoms with Gasteiger partial charge in [0.15, 0.2) is 0 Å². The predicted molar refractivity (Wildman–Crippen MR) is 68.8 cm³/mol. The molecule has 2 aromatic rings. The van der Waals surface area contributed by atoms with E-state index in [1.165, 1.54) is 4.68 Å². The smallest absolute Gasteiger partial charge is 0.266 e. The number of halogens is 1. The van der Waals surface area contributed by atoms with Crippen molar-refractivity contribution in [2.75, 3.05) is 0 Å². The molecule has 0 fully saturated rings. The zero-order chi connectivity index (χ0) is 12.3. The lowest BCUT2D eigenvalue weighted by Crippen LogP contribution is -2.22. The Morgan fingerprint density at radius 1 is 1.29 bits per heavy atom. The predicted octanol–water partition coefficient (Wildman–Crippen LogP) is 2.84. The third-order valence-electron chi connectivity index (χ3n) is 2.51. The van der Waals surface area contributed by atoms with Crippen LogP contribution in [0.1, 0.15) is 18.9 Å². The molecule has 0 N–H and O–H groups in total. The molecule has 0 bridgehead atoms. The van der Waals surface area contributed by atoms with Crippen molar-refractivity contribution in [2.24, 2.45) is 0 Å². The molecular formula is C13H13ClN2O. The van der Waals surface area contributed by atoms with E-state index in [0.717, 1.165) is 24.1 Å². The average molecular weight is 249 g/mol. The van der Waals surface area contributed by atoms with Crippen molar-refractivity contribution in [2.45, 2.75) is 19.8 Å². The van der Waals surface area contributed by atoms with Crippen molar-refractivity contribution in [1.82, 2.24) is 9.78 Å². The normalized spacial score (nSPS) is 10.5. The van der Waals surface area contributed by atoms with Crippen molar-refractivity contribution in [3.8, 4) is 5.69 Å². The van der Waals surface area contributed by atoms with Crippen LogP contribution in [0, 0.1) is 0 Å². The molecule has 0 aliphatic carbocycles. The molecule has 0 aliphatic heterocycles. The van der Waals surface area contributed by atoms with E-state index >= 15 is 0 Å². The number of para-hydroxylation sites is 1. The van der Waals surface area contributed by atoms with E-state index < -0.39 is 0 Å². The number of hydrogen-bond donors (Lipinski definition) is 0. The summed E-state index contributed by atoms with van der Waals surface area (Å²) in [4.78, 5) is 12.0. The summed E-state index contributed by atoms with van der Waals surface area (Å²) in [6, 6.07) is 9.25. The molecule has 0 radical (unpaired) electrons. The molecule has 0 saturated heterocycles. The van der Waals surface area contributed by atoms with Gasteiger partial charge in [0.1, 0.15) is 5.02 Å². The minimum Gasteiger partial charge on any atom is -0.266 e. The fraction of sp³-hybridized carbons (Fsp3) is 0.231. The molecule has 17 heavy (non-hydrogen) atoms. The minimum absolute atomic E-state index is 0.260. The first-order valence-electron chi connectivity index (χ1n) is 5.56. The van der Waals surface area contributed by atoms with Gasteiger partial charge in [-0.2, -0.15) is 9.78 Å². The maximum Gasteiger partial charge on any atom is 0.290 e. The number of rotatable bonds is 3. The van der Waals surface area contributed by atoms with Crippen molar-refractivity contribution in [3.05, 3.63) is 57.5 Å². The van der Waals surface area contributed by atoms with E-state index in [4.69, 9.17) is 11.6 Å². The molecule has 0 saturated carbocycles. The second kappa shape index (κ2) is 5.15. The summed E-state index contributed by atoms with van der Waals surface area (Å²) < 4.78 is 1.32. The third-order valence-corrected chi connectivity index (χ3v) is 2.92. The maximum absolute atomic E-state index is 12.0. The first-order valence-corrected chi connectivity index (χ1v) is 5.94. The van der Waals surface area contributed by atoms with Gasteiger partial charge in [0.25, 0.3) is 5.56 Å². The van der Waals surface area contributed by atoms with Crippen LogP contribution in [0.2, 0.25) is 5.02 Å². The van der Waals surface area contributed by atoms with Gasteiger partial charge in [-0.15, -0.1) is 0 Å². The first kappa shape index (κ1) is 11.9. The summed E-state index contributed by atoms with van der Waals surface area (Å²) in [5.74, 6) is 0. The second-order valence-electron chi connectivity index (χ2n) is 3.79. The van der Waals surface area contributed by atoms with Gasteiger partial charge in [-0.1, -0.05) is 43.1 Å². The van der Waals surface area contributed by atoms with Crippen molar-refractivity contribution in [1.29, 1.82) is 0 Å². The Hall–Kier alpha value is -1.61. The molecule has 0 unspecified atom stereocenters. The SMILES string of the molecule is CCCc1cnn(-c2ccccc2)c(=O)c1Cl. The van der Waals surface area contributed by atoms with E-state index in [-0.39, 0.29) is 10.6 Å². The number of nitrogens with zero attached hydrogens (tertiary/aromatic N) is 2. The third kappa shape index (κ3) is 2.39. The molecule has 0 amide bonds. The lowest BCUT2D eigenvalue weighted by molar-refractivity contribution is 0.783. The van der Waals surface area contributed by atoms with Gasteiger partial charge in [0, 0.05) is 0 Å². The molecule has 1 heterocycles. The van der Waals surface area contributed by atoms with Crippen LogP contribution in [-0.2, 0) is 6.42 Å². The minimum atomic E-state index is -0.260. The summed E-state index contributed by atoms with van der Waals surface area (Å²) in [5, 5.41) is 4.42. The fourth-order valence-electron chi connectivity index (χ4n) is 1.66. The number of benzene rings is 1. The lowest BCUT2D eigenvalue weighted by atomic mass is 10.2. The fourth-order valence-corrected chi connectivity index (χ4v) is 1.89. The highest BCUT2D eigenvalue weighted by atomic mass is 35.5. The van der Waals surface area contributed by atoms with Crippen molar-refractivity contribution in [3.63, 3.8) is 0 Å². The monoisotopic (exact) mass is 248 g/mol. The lowest BCUT2D eigenvalue weighted by Gasteiger charge is -2.07. The zero-order valence-electron chi connectivity index (χ0n) is 9.56. The van der Waals surface area contributed by atoms with Gasteiger partial charge >= 0.3 is 0 Å². The highest BCUT2D eigenvalue weighted by molar-refractivity contribution is 6.31. The summed E-state index contributed by atoms with van der Waals surface area (Å²) in [6.45, 7) is 2.04. The molecule has 4 heteroatoms. The molecular weight excluding hydrogens is 236 g/mol. The van der Waals surface area contributed by atoms with E-state index in [0.29, 0.717) is 0 Å². The maximum atomic E-state index is 12.0. The Morgan fingerprint density at radius 2 is 2.00 bits per heavy atom. The Bertz CT molecular complexity index is 563.